The minimum atomic E-state index is -0.113. The molecule has 3 aliphatic heterocycles. The van der Waals surface area contributed by atoms with Crippen LogP contribution in [0.2, 0.25) is 0 Å². The predicted octanol–water partition coefficient (Wildman–Crippen LogP) is 3.29. The maximum absolute atomic E-state index is 13.8. The second-order valence-corrected chi connectivity index (χ2v) is 10.4. The number of piperidine rings is 1. The Morgan fingerprint density at radius 1 is 1.06 bits per heavy atom. The van der Waals surface area contributed by atoms with Crippen molar-refractivity contribution in [1.29, 1.82) is 0 Å². The number of likely N-dealkylation sites (tertiary alicyclic amines) is 1. The second-order valence-electron chi connectivity index (χ2n) is 10.4. The fourth-order valence-corrected chi connectivity index (χ4v) is 6.08. The first-order chi connectivity index (χ1) is 16.1. The third kappa shape index (κ3) is 5.01. The third-order valence-corrected chi connectivity index (χ3v) is 8.01. The summed E-state index contributed by atoms with van der Waals surface area (Å²) < 4.78 is 0. The SMILES string of the molecule is CC(N)C1CCCC(C(=O)N2Cc3ccccc3C[C@H]2CN2CCC(c3ccccc3)C2)N1. The number of benzene rings is 2. The third-order valence-electron chi connectivity index (χ3n) is 8.01. The summed E-state index contributed by atoms with van der Waals surface area (Å²) in [6.45, 7) is 5.90. The van der Waals surface area contributed by atoms with Crippen LogP contribution < -0.4 is 11.1 Å². The van der Waals surface area contributed by atoms with E-state index < -0.39 is 0 Å². The Hall–Kier alpha value is -2.21. The molecule has 2 fully saturated rings. The van der Waals surface area contributed by atoms with E-state index in [4.69, 9.17) is 5.73 Å². The zero-order valence-electron chi connectivity index (χ0n) is 19.8. The lowest BCUT2D eigenvalue weighted by atomic mass is 9.90. The van der Waals surface area contributed by atoms with Gasteiger partial charge in [0.2, 0.25) is 5.91 Å². The molecule has 5 rings (SSSR count). The Morgan fingerprint density at radius 2 is 1.82 bits per heavy atom. The van der Waals surface area contributed by atoms with Gasteiger partial charge in [0, 0.05) is 37.8 Å². The number of hydrogen-bond donors (Lipinski definition) is 2. The number of hydrogen-bond acceptors (Lipinski definition) is 4. The van der Waals surface area contributed by atoms with Crippen LogP contribution in [0.5, 0.6) is 0 Å². The van der Waals surface area contributed by atoms with Crippen LogP contribution in [0.15, 0.2) is 54.6 Å². The lowest BCUT2D eigenvalue weighted by molar-refractivity contribution is -0.138. The summed E-state index contributed by atoms with van der Waals surface area (Å²) in [4.78, 5) is 18.6. The van der Waals surface area contributed by atoms with Gasteiger partial charge in [-0.05, 0) is 68.2 Å². The monoisotopic (exact) mass is 446 g/mol. The van der Waals surface area contributed by atoms with Gasteiger partial charge in [0.15, 0.2) is 0 Å². The van der Waals surface area contributed by atoms with Crippen LogP contribution in [-0.4, -0.2) is 59.5 Å². The summed E-state index contributed by atoms with van der Waals surface area (Å²) >= 11 is 0. The van der Waals surface area contributed by atoms with Gasteiger partial charge in [0.25, 0.3) is 0 Å². The summed E-state index contributed by atoms with van der Waals surface area (Å²) in [6, 6.07) is 19.9. The molecule has 3 heterocycles. The number of amides is 1. The molecule has 3 aliphatic rings. The van der Waals surface area contributed by atoms with Crippen LogP contribution in [0.4, 0.5) is 0 Å². The van der Waals surface area contributed by atoms with Crippen molar-refractivity contribution < 1.29 is 4.79 Å². The highest BCUT2D eigenvalue weighted by Gasteiger charge is 2.37. The Kier molecular flexibility index (Phi) is 6.81. The van der Waals surface area contributed by atoms with E-state index in [1.54, 1.807) is 0 Å². The fraction of sp³-hybridized carbons (Fsp3) is 0.536. The Labute approximate surface area is 198 Å². The Balaban J connectivity index is 1.31. The fourth-order valence-electron chi connectivity index (χ4n) is 6.08. The van der Waals surface area contributed by atoms with E-state index in [-0.39, 0.29) is 30.1 Å². The van der Waals surface area contributed by atoms with Gasteiger partial charge >= 0.3 is 0 Å². The average Bonchev–Trinajstić information content (AvgIpc) is 3.32. The van der Waals surface area contributed by atoms with E-state index in [1.165, 1.54) is 23.1 Å². The highest BCUT2D eigenvalue weighted by molar-refractivity contribution is 5.82. The molecule has 1 amide bonds. The van der Waals surface area contributed by atoms with Crippen molar-refractivity contribution >= 4 is 5.91 Å². The minimum Gasteiger partial charge on any atom is -0.332 e. The quantitative estimate of drug-likeness (QED) is 0.740. The van der Waals surface area contributed by atoms with E-state index in [0.29, 0.717) is 5.92 Å². The van der Waals surface area contributed by atoms with E-state index >= 15 is 0 Å². The molecular weight excluding hydrogens is 408 g/mol. The van der Waals surface area contributed by atoms with Crippen LogP contribution in [-0.2, 0) is 17.8 Å². The van der Waals surface area contributed by atoms with Crippen LogP contribution in [0.1, 0.15) is 55.2 Å². The first kappa shape index (κ1) is 22.6. The molecule has 4 unspecified atom stereocenters. The lowest BCUT2D eigenvalue weighted by Gasteiger charge is -2.42. The Bertz CT molecular complexity index is 946. The van der Waals surface area contributed by atoms with E-state index in [2.05, 4.69) is 69.7 Å². The molecule has 3 N–H and O–H groups in total. The molecule has 2 aromatic carbocycles. The van der Waals surface area contributed by atoms with Gasteiger partial charge in [0.1, 0.15) is 0 Å². The molecule has 0 aliphatic carbocycles. The number of fused-ring (bicyclic) bond motifs is 1. The van der Waals surface area contributed by atoms with Crippen molar-refractivity contribution in [3.05, 3.63) is 71.3 Å². The van der Waals surface area contributed by atoms with Gasteiger partial charge in [-0.25, -0.2) is 0 Å². The van der Waals surface area contributed by atoms with Crippen LogP contribution >= 0.6 is 0 Å². The summed E-state index contributed by atoms with van der Waals surface area (Å²) in [6.07, 6.45) is 5.17. The topological polar surface area (TPSA) is 61.6 Å². The van der Waals surface area contributed by atoms with E-state index in [0.717, 1.165) is 51.9 Å². The zero-order chi connectivity index (χ0) is 22.8. The zero-order valence-corrected chi connectivity index (χ0v) is 19.8. The van der Waals surface area contributed by atoms with Gasteiger partial charge in [-0.2, -0.15) is 0 Å². The highest BCUT2D eigenvalue weighted by Crippen LogP contribution is 2.30. The average molecular weight is 447 g/mol. The van der Waals surface area contributed by atoms with Crippen molar-refractivity contribution in [1.82, 2.24) is 15.1 Å². The van der Waals surface area contributed by atoms with Crippen molar-refractivity contribution in [3.63, 3.8) is 0 Å². The van der Waals surface area contributed by atoms with Crippen molar-refractivity contribution in [2.45, 2.75) is 75.7 Å². The molecule has 0 spiro atoms. The number of carbonyl (C=O) groups excluding carboxylic acids is 1. The van der Waals surface area contributed by atoms with Crippen LogP contribution in [0, 0.1) is 0 Å². The smallest absolute Gasteiger partial charge is 0.240 e. The predicted molar refractivity (Wildman–Crippen MR) is 133 cm³/mol. The van der Waals surface area contributed by atoms with Crippen molar-refractivity contribution in [2.24, 2.45) is 5.73 Å². The molecule has 0 aromatic heterocycles. The molecule has 2 saturated heterocycles. The van der Waals surface area contributed by atoms with Gasteiger partial charge in [-0.3, -0.25) is 4.79 Å². The molecular formula is C28H38N4O. The molecule has 0 radical (unpaired) electrons. The van der Waals surface area contributed by atoms with Gasteiger partial charge < -0.3 is 20.9 Å². The summed E-state index contributed by atoms with van der Waals surface area (Å²) in [5.41, 5.74) is 10.3. The number of nitrogens with zero attached hydrogens (tertiary/aromatic N) is 2. The van der Waals surface area contributed by atoms with E-state index in [9.17, 15) is 4.79 Å². The van der Waals surface area contributed by atoms with Gasteiger partial charge in [-0.15, -0.1) is 0 Å². The molecule has 0 saturated carbocycles. The summed E-state index contributed by atoms with van der Waals surface area (Å²) in [5, 5.41) is 3.59. The lowest BCUT2D eigenvalue weighted by Crippen LogP contribution is -2.59. The number of carbonyl (C=O) groups is 1. The molecule has 33 heavy (non-hydrogen) atoms. The number of rotatable bonds is 5. The van der Waals surface area contributed by atoms with Crippen molar-refractivity contribution in [2.75, 3.05) is 19.6 Å². The standard InChI is InChI=1S/C28H38N4O/c1-20(29)26-12-7-13-27(30-26)28(33)32-18-23-11-6-5-10-22(23)16-25(32)19-31-15-14-24(17-31)21-8-3-2-4-9-21/h2-6,8-11,20,24-27,30H,7,12-19,29H2,1H3/t20?,24?,25-,26?,27?/m0/s1. The van der Waals surface area contributed by atoms with Crippen molar-refractivity contribution in [3.8, 4) is 0 Å². The molecule has 5 atom stereocenters. The molecule has 0 bridgehead atoms. The first-order valence-electron chi connectivity index (χ1n) is 12.7. The molecule has 2 aromatic rings. The highest BCUT2D eigenvalue weighted by atomic mass is 16.2. The number of nitrogens with one attached hydrogen (secondary N) is 1. The van der Waals surface area contributed by atoms with Gasteiger partial charge in [-0.1, -0.05) is 54.6 Å². The van der Waals surface area contributed by atoms with Crippen LogP contribution in [0.3, 0.4) is 0 Å². The van der Waals surface area contributed by atoms with Gasteiger partial charge in [0.05, 0.1) is 6.04 Å². The summed E-state index contributed by atoms with van der Waals surface area (Å²) in [7, 11) is 0. The molecule has 176 valence electrons. The molecule has 5 heteroatoms. The maximum atomic E-state index is 13.8. The van der Waals surface area contributed by atoms with E-state index in [1.807, 2.05) is 6.92 Å². The number of nitrogens with two attached hydrogens (primary N) is 1. The molecule has 5 nitrogen and oxygen atoms in total. The van der Waals surface area contributed by atoms with Crippen LogP contribution in [0.25, 0.3) is 0 Å². The largest absolute Gasteiger partial charge is 0.332 e. The maximum Gasteiger partial charge on any atom is 0.240 e. The Morgan fingerprint density at radius 3 is 2.61 bits per heavy atom. The first-order valence-corrected chi connectivity index (χ1v) is 12.7. The second kappa shape index (κ2) is 9.96. The summed E-state index contributed by atoms with van der Waals surface area (Å²) in [5.74, 6) is 0.858. The minimum absolute atomic E-state index is 0.0676. The normalized spacial score (nSPS) is 29.0.